The van der Waals surface area contributed by atoms with Gasteiger partial charge in [-0.1, -0.05) is 0 Å². The first-order valence-electron chi connectivity index (χ1n) is 5.83. The molecule has 0 saturated heterocycles. The van der Waals surface area contributed by atoms with Gasteiger partial charge in [0.25, 0.3) is 0 Å². The van der Waals surface area contributed by atoms with Gasteiger partial charge in [0, 0.05) is 11.9 Å². The second kappa shape index (κ2) is 6.33. The quantitative estimate of drug-likeness (QED) is 0.854. The zero-order valence-electron chi connectivity index (χ0n) is 10.6. The molecular weight excluding hydrogens is 262 g/mol. The lowest BCUT2D eigenvalue weighted by molar-refractivity contribution is -0.127. The maximum absolute atomic E-state index is 11.9. The summed E-state index contributed by atoms with van der Waals surface area (Å²) >= 11 is 1.45. The van der Waals surface area contributed by atoms with E-state index in [0.29, 0.717) is 12.3 Å². The van der Waals surface area contributed by atoms with Crippen LogP contribution in [-0.2, 0) is 11.3 Å². The van der Waals surface area contributed by atoms with Gasteiger partial charge in [0.2, 0.25) is 5.91 Å². The SMILES string of the molecule is CN(Cc1ccco1)C(=O)CSc1ccc(O)cc1. The van der Waals surface area contributed by atoms with Gasteiger partial charge in [-0.25, -0.2) is 0 Å². The molecule has 0 aliphatic heterocycles. The van der Waals surface area contributed by atoms with Crippen molar-refractivity contribution in [2.24, 2.45) is 0 Å². The van der Waals surface area contributed by atoms with Crippen molar-refractivity contribution in [3.05, 3.63) is 48.4 Å². The zero-order valence-corrected chi connectivity index (χ0v) is 11.4. The van der Waals surface area contributed by atoms with Crippen LogP contribution in [0.3, 0.4) is 0 Å². The van der Waals surface area contributed by atoms with Gasteiger partial charge in [-0.3, -0.25) is 4.79 Å². The fourth-order valence-electron chi connectivity index (χ4n) is 1.52. The Morgan fingerprint density at radius 3 is 2.68 bits per heavy atom. The minimum atomic E-state index is 0.0366. The molecule has 1 aromatic carbocycles. The summed E-state index contributed by atoms with van der Waals surface area (Å²) < 4.78 is 5.20. The molecule has 0 unspecified atom stereocenters. The van der Waals surface area contributed by atoms with E-state index in [9.17, 15) is 9.90 Å². The molecule has 100 valence electrons. The molecule has 1 amide bonds. The molecule has 1 heterocycles. The van der Waals surface area contributed by atoms with Gasteiger partial charge in [-0.05, 0) is 36.4 Å². The van der Waals surface area contributed by atoms with E-state index in [1.165, 1.54) is 11.8 Å². The second-order valence-corrected chi connectivity index (χ2v) is 5.16. The Hall–Kier alpha value is -1.88. The Morgan fingerprint density at radius 1 is 1.32 bits per heavy atom. The minimum Gasteiger partial charge on any atom is -0.508 e. The van der Waals surface area contributed by atoms with Gasteiger partial charge in [0.1, 0.15) is 11.5 Å². The van der Waals surface area contributed by atoms with Gasteiger partial charge in [0.15, 0.2) is 0 Å². The normalized spacial score (nSPS) is 10.4. The van der Waals surface area contributed by atoms with Gasteiger partial charge in [-0.2, -0.15) is 0 Å². The number of furan rings is 1. The fourth-order valence-corrected chi connectivity index (χ4v) is 2.36. The van der Waals surface area contributed by atoms with Gasteiger partial charge in [0.05, 0.1) is 18.6 Å². The maximum atomic E-state index is 11.9. The number of phenolic OH excluding ortho intramolecular Hbond substituents is 1. The number of thioether (sulfide) groups is 1. The van der Waals surface area contributed by atoms with Crippen LogP contribution in [0.15, 0.2) is 52.0 Å². The van der Waals surface area contributed by atoms with E-state index in [1.807, 2.05) is 6.07 Å². The van der Waals surface area contributed by atoms with Crippen LogP contribution in [0.2, 0.25) is 0 Å². The van der Waals surface area contributed by atoms with Crippen molar-refractivity contribution < 1.29 is 14.3 Å². The number of phenols is 1. The monoisotopic (exact) mass is 277 g/mol. The van der Waals surface area contributed by atoms with Crippen LogP contribution in [0.4, 0.5) is 0 Å². The summed E-state index contributed by atoms with van der Waals surface area (Å²) in [5, 5.41) is 9.17. The van der Waals surface area contributed by atoms with Crippen molar-refractivity contribution in [2.75, 3.05) is 12.8 Å². The molecule has 19 heavy (non-hydrogen) atoms. The summed E-state index contributed by atoms with van der Waals surface area (Å²) in [4.78, 5) is 14.5. The van der Waals surface area contributed by atoms with Crippen molar-refractivity contribution >= 4 is 17.7 Å². The molecule has 5 heteroatoms. The largest absolute Gasteiger partial charge is 0.508 e. The van der Waals surface area contributed by atoms with E-state index < -0.39 is 0 Å². The van der Waals surface area contributed by atoms with E-state index in [1.54, 1.807) is 48.5 Å². The molecule has 1 N–H and O–H groups in total. The molecule has 2 rings (SSSR count). The number of aromatic hydroxyl groups is 1. The van der Waals surface area contributed by atoms with Gasteiger partial charge < -0.3 is 14.4 Å². The molecule has 0 radical (unpaired) electrons. The second-order valence-electron chi connectivity index (χ2n) is 4.11. The topological polar surface area (TPSA) is 53.7 Å². The summed E-state index contributed by atoms with van der Waals surface area (Å²) in [7, 11) is 1.75. The average molecular weight is 277 g/mol. The molecule has 0 aliphatic carbocycles. The Labute approximate surface area is 116 Å². The first kappa shape index (κ1) is 13.5. The van der Waals surface area contributed by atoms with Crippen molar-refractivity contribution in [2.45, 2.75) is 11.4 Å². The Balaban J connectivity index is 1.82. The average Bonchev–Trinajstić information content (AvgIpc) is 2.90. The number of hydrogen-bond donors (Lipinski definition) is 1. The lowest BCUT2D eigenvalue weighted by Crippen LogP contribution is -2.27. The van der Waals surface area contributed by atoms with E-state index >= 15 is 0 Å². The van der Waals surface area contributed by atoms with Gasteiger partial charge in [-0.15, -0.1) is 11.8 Å². The third kappa shape index (κ3) is 4.06. The van der Waals surface area contributed by atoms with Crippen LogP contribution in [0.25, 0.3) is 0 Å². The van der Waals surface area contributed by atoms with E-state index in [2.05, 4.69) is 0 Å². The molecule has 0 aliphatic rings. The first-order valence-corrected chi connectivity index (χ1v) is 6.82. The van der Waals surface area contributed by atoms with E-state index in [0.717, 1.165) is 10.7 Å². The summed E-state index contributed by atoms with van der Waals surface area (Å²) in [5.74, 6) is 1.40. The Kier molecular flexibility index (Phi) is 4.52. The fraction of sp³-hybridized carbons (Fsp3) is 0.214. The number of rotatable bonds is 5. The predicted octanol–water partition coefficient (Wildman–Crippen LogP) is 2.74. The standard InChI is InChI=1S/C14H15NO3S/c1-15(9-12-3-2-8-18-12)14(17)10-19-13-6-4-11(16)5-7-13/h2-8,16H,9-10H2,1H3. The van der Waals surface area contributed by atoms with Crippen LogP contribution < -0.4 is 0 Å². The molecule has 4 nitrogen and oxygen atoms in total. The zero-order chi connectivity index (χ0) is 13.7. The summed E-state index contributed by atoms with van der Waals surface area (Å²) in [5.41, 5.74) is 0. The summed E-state index contributed by atoms with van der Waals surface area (Å²) in [6.45, 7) is 0.474. The molecular formula is C14H15NO3S. The van der Waals surface area contributed by atoms with Crippen molar-refractivity contribution in [3.63, 3.8) is 0 Å². The highest BCUT2D eigenvalue weighted by Crippen LogP contribution is 2.21. The van der Waals surface area contributed by atoms with Crippen LogP contribution in [0.1, 0.15) is 5.76 Å². The minimum absolute atomic E-state index is 0.0366. The predicted molar refractivity (Wildman–Crippen MR) is 74.0 cm³/mol. The number of amides is 1. The molecule has 2 aromatic rings. The first-order chi connectivity index (χ1) is 9.15. The van der Waals surface area contributed by atoms with Crippen molar-refractivity contribution in [1.82, 2.24) is 4.90 Å². The lowest BCUT2D eigenvalue weighted by Gasteiger charge is -2.15. The highest BCUT2D eigenvalue weighted by atomic mass is 32.2. The van der Waals surface area contributed by atoms with Crippen molar-refractivity contribution in [1.29, 1.82) is 0 Å². The third-order valence-electron chi connectivity index (χ3n) is 2.60. The van der Waals surface area contributed by atoms with Crippen LogP contribution in [0, 0.1) is 0 Å². The van der Waals surface area contributed by atoms with E-state index in [4.69, 9.17) is 4.42 Å². The molecule has 0 fully saturated rings. The third-order valence-corrected chi connectivity index (χ3v) is 3.59. The number of carbonyl (C=O) groups is 1. The molecule has 0 spiro atoms. The molecule has 0 saturated carbocycles. The molecule has 1 aromatic heterocycles. The Bertz CT molecular complexity index is 522. The smallest absolute Gasteiger partial charge is 0.233 e. The van der Waals surface area contributed by atoms with Crippen LogP contribution in [-0.4, -0.2) is 28.7 Å². The number of benzene rings is 1. The van der Waals surface area contributed by atoms with Crippen LogP contribution in [0.5, 0.6) is 5.75 Å². The highest BCUT2D eigenvalue weighted by molar-refractivity contribution is 8.00. The summed E-state index contributed by atoms with van der Waals surface area (Å²) in [6, 6.07) is 10.5. The highest BCUT2D eigenvalue weighted by Gasteiger charge is 2.11. The lowest BCUT2D eigenvalue weighted by atomic mass is 10.3. The van der Waals surface area contributed by atoms with Crippen molar-refractivity contribution in [3.8, 4) is 5.75 Å². The maximum Gasteiger partial charge on any atom is 0.233 e. The number of carbonyl (C=O) groups excluding carboxylic acids is 1. The number of hydrogen-bond acceptors (Lipinski definition) is 4. The van der Waals surface area contributed by atoms with Crippen LogP contribution >= 0.6 is 11.8 Å². The molecule has 0 atom stereocenters. The van der Waals surface area contributed by atoms with E-state index in [-0.39, 0.29) is 11.7 Å². The summed E-state index contributed by atoms with van der Waals surface area (Å²) in [6.07, 6.45) is 1.60. The number of nitrogens with zero attached hydrogens (tertiary/aromatic N) is 1. The van der Waals surface area contributed by atoms with Gasteiger partial charge >= 0.3 is 0 Å². The Morgan fingerprint density at radius 2 is 2.05 bits per heavy atom. The molecule has 0 bridgehead atoms.